The SMILES string of the molecule is O=C(c1cccc(Cl)c1)N1CCN(c2c(F)c(F)c(F)c(F)c2F)CC1. The van der Waals surface area contributed by atoms with Crippen molar-refractivity contribution in [2.24, 2.45) is 0 Å². The van der Waals surface area contributed by atoms with Gasteiger partial charge in [-0.15, -0.1) is 0 Å². The van der Waals surface area contributed by atoms with E-state index in [-0.39, 0.29) is 32.1 Å². The summed E-state index contributed by atoms with van der Waals surface area (Å²) < 4.78 is 67.6. The molecule has 0 unspecified atom stereocenters. The highest BCUT2D eigenvalue weighted by Gasteiger charge is 2.31. The molecule has 1 amide bonds. The topological polar surface area (TPSA) is 23.6 Å². The summed E-state index contributed by atoms with van der Waals surface area (Å²) in [4.78, 5) is 14.9. The number of hydrogen-bond acceptors (Lipinski definition) is 2. The third-order valence-corrected chi connectivity index (χ3v) is 4.38. The van der Waals surface area contributed by atoms with Gasteiger partial charge in [-0.2, -0.15) is 0 Å². The maximum Gasteiger partial charge on any atom is 0.254 e. The van der Waals surface area contributed by atoms with Crippen molar-refractivity contribution >= 4 is 23.2 Å². The summed E-state index contributed by atoms with van der Waals surface area (Å²) in [5, 5.41) is 0.385. The van der Waals surface area contributed by atoms with Gasteiger partial charge in [0.2, 0.25) is 5.82 Å². The number of hydrogen-bond donors (Lipinski definition) is 0. The highest BCUT2D eigenvalue weighted by molar-refractivity contribution is 6.30. The van der Waals surface area contributed by atoms with E-state index in [4.69, 9.17) is 11.6 Å². The second-order valence-electron chi connectivity index (χ2n) is 5.71. The summed E-state index contributed by atoms with van der Waals surface area (Å²) in [5.74, 6) is -10.3. The molecule has 0 atom stereocenters. The van der Waals surface area contributed by atoms with Crippen LogP contribution in [0.1, 0.15) is 10.4 Å². The zero-order chi connectivity index (χ0) is 19.0. The quantitative estimate of drug-likeness (QED) is 0.439. The monoisotopic (exact) mass is 390 g/mol. The van der Waals surface area contributed by atoms with E-state index >= 15 is 0 Å². The van der Waals surface area contributed by atoms with Crippen LogP contribution < -0.4 is 4.90 Å². The molecule has 3 nitrogen and oxygen atoms in total. The van der Waals surface area contributed by atoms with Gasteiger partial charge in [0.05, 0.1) is 0 Å². The molecule has 1 fully saturated rings. The smallest absolute Gasteiger partial charge is 0.254 e. The molecule has 3 rings (SSSR count). The molecule has 2 aromatic carbocycles. The van der Waals surface area contributed by atoms with E-state index in [2.05, 4.69) is 0 Å². The summed E-state index contributed by atoms with van der Waals surface area (Å²) in [6, 6.07) is 6.28. The fraction of sp³-hybridized carbons (Fsp3) is 0.235. The maximum absolute atomic E-state index is 13.9. The standard InChI is InChI=1S/C17H12ClF5N2O/c18-10-3-1-2-9(8-10)17(26)25-6-4-24(5-7-25)16-14(22)12(20)11(19)13(21)15(16)23/h1-3,8H,4-7H2. The molecule has 0 bridgehead atoms. The fourth-order valence-electron chi connectivity index (χ4n) is 2.81. The molecule has 2 aromatic rings. The summed E-state index contributed by atoms with van der Waals surface area (Å²) in [7, 11) is 0. The number of anilines is 1. The number of piperazine rings is 1. The Balaban J connectivity index is 1.78. The van der Waals surface area contributed by atoms with Gasteiger partial charge in [-0.05, 0) is 18.2 Å². The Labute approximate surface area is 150 Å². The van der Waals surface area contributed by atoms with Crippen molar-refractivity contribution in [3.05, 3.63) is 63.9 Å². The second-order valence-corrected chi connectivity index (χ2v) is 6.14. The predicted molar refractivity (Wildman–Crippen MR) is 85.8 cm³/mol. The zero-order valence-corrected chi connectivity index (χ0v) is 14.0. The lowest BCUT2D eigenvalue weighted by atomic mass is 10.1. The van der Waals surface area contributed by atoms with Crippen molar-refractivity contribution in [3.63, 3.8) is 0 Å². The van der Waals surface area contributed by atoms with Crippen molar-refractivity contribution in [2.75, 3.05) is 31.1 Å². The average molecular weight is 391 g/mol. The number of carbonyl (C=O) groups is 1. The summed E-state index contributed by atoms with van der Waals surface area (Å²) >= 11 is 5.84. The van der Waals surface area contributed by atoms with Gasteiger partial charge in [0, 0.05) is 36.8 Å². The van der Waals surface area contributed by atoms with Gasteiger partial charge in [0.1, 0.15) is 5.69 Å². The molecule has 1 aliphatic rings. The number of rotatable bonds is 2. The van der Waals surface area contributed by atoms with Gasteiger partial charge in [0.15, 0.2) is 23.3 Å². The first kappa shape index (κ1) is 18.4. The van der Waals surface area contributed by atoms with Crippen LogP contribution in [0.5, 0.6) is 0 Å². The van der Waals surface area contributed by atoms with Crippen LogP contribution >= 0.6 is 11.6 Å². The molecule has 0 N–H and O–H groups in total. The maximum atomic E-state index is 13.9. The van der Waals surface area contributed by atoms with Gasteiger partial charge in [-0.25, -0.2) is 22.0 Å². The van der Waals surface area contributed by atoms with Crippen molar-refractivity contribution < 1.29 is 26.7 Å². The minimum absolute atomic E-state index is 0.0604. The lowest BCUT2D eigenvalue weighted by Gasteiger charge is -2.36. The number of amides is 1. The minimum atomic E-state index is -2.20. The Hall–Kier alpha value is -2.35. The van der Waals surface area contributed by atoms with Crippen molar-refractivity contribution in [1.82, 2.24) is 4.90 Å². The van der Waals surface area contributed by atoms with E-state index in [1.165, 1.54) is 11.0 Å². The van der Waals surface area contributed by atoms with Crippen LogP contribution in [-0.2, 0) is 0 Å². The zero-order valence-electron chi connectivity index (χ0n) is 13.2. The Bertz CT molecular complexity index is 839. The molecule has 26 heavy (non-hydrogen) atoms. The third-order valence-electron chi connectivity index (χ3n) is 4.14. The van der Waals surface area contributed by atoms with E-state index < -0.39 is 34.8 Å². The van der Waals surface area contributed by atoms with E-state index in [1.54, 1.807) is 18.2 Å². The number of carbonyl (C=O) groups excluding carboxylic acids is 1. The first-order valence-corrected chi connectivity index (χ1v) is 8.00. The van der Waals surface area contributed by atoms with Crippen LogP contribution in [0.3, 0.4) is 0 Å². The second kappa shape index (κ2) is 7.11. The Kier molecular flexibility index (Phi) is 5.04. The first-order chi connectivity index (χ1) is 12.3. The molecule has 0 aliphatic carbocycles. The van der Waals surface area contributed by atoms with Gasteiger partial charge in [0.25, 0.3) is 5.91 Å². The minimum Gasteiger partial charge on any atom is -0.363 e. The average Bonchev–Trinajstić information content (AvgIpc) is 2.65. The molecule has 0 saturated carbocycles. The molecule has 9 heteroatoms. The lowest BCUT2D eigenvalue weighted by molar-refractivity contribution is 0.0746. The van der Waals surface area contributed by atoms with Gasteiger partial charge in [-0.1, -0.05) is 17.7 Å². The van der Waals surface area contributed by atoms with Crippen molar-refractivity contribution in [3.8, 4) is 0 Å². The van der Waals surface area contributed by atoms with Crippen molar-refractivity contribution in [2.45, 2.75) is 0 Å². The molecular formula is C17H12ClF5N2O. The van der Waals surface area contributed by atoms with E-state index in [0.717, 1.165) is 4.90 Å². The van der Waals surface area contributed by atoms with E-state index in [0.29, 0.717) is 10.6 Å². The van der Waals surface area contributed by atoms with Gasteiger partial charge >= 0.3 is 0 Å². The third kappa shape index (κ3) is 3.21. The Morgan fingerprint density at radius 1 is 0.846 bits per heavy atom. The van der Waals surface area contributed by atoms with Crippen LogP contribution in [0.25, 0.3) is 0 Å². The van der Waals surface area contributed by atoms with E-state index in [9.17, 15) is 26.7 Å². The molecule has 1 saturated heterocycles. The summed E-state index contributed by atoms with van der Waals surface area (Å²) in [6.07, 6.45) is 0. The van der Waals surface area contributed by atoms with Crippen LogP contribution in [-0.4, -0.2) is 37.0 Å². The normalized spacial score (nSPS) is 14.7. The summed E-state index contributed by atoms with van der Waals surface area (Å²) in [5.41, 5.74) is -0.626. The van der Waals surface area contributed by atoms with Gasteiger partial charge in [-0.3, -0.25) is 4.79 Å². The number of halogens is 6. The van der Waals surface area contributed by atoms with Crippen LogP contribution in [0.4, 0.5) is 27.6 Å². The molecule has 0 radical (unpaired) electrons. The fourth-order valence-corrected chi connectivity index (χ4v) is 3.00. The molecule has 1 aliphatic heterocycles. The summed E-state index contributed by atoms with van der Waals surface area (Å²) in [6.45, 7) is -0.0367. The molecule has 0 spiro atoms. The largest absolute Gasteiger partial charge is 0.363 e. The lowest BCUT2D eigenvalue weighted by Crippen LogP contribution is -2.49. The number of nitrogens with zero attached hydrogens (tertiary/aromatic N) is 2. The highest BCUT2D eigenvalue weighted by Crippen LogP contribution is 2.31. The van der Waals surface area contributed by atoms with Gasteiger partial charge < -0.3 is 9.80 Å². The molecule has 0 aromatic heterocycles. The molecular weight excluding hydrogens is 379 g/mol. The highest BCUT2D eigenvalue weighted by atomic mass is 35.5. The van der Waals surface area contributed by atoms with Crippen LogP contribution in [0, 0.1) is 29.1 Å². The van der Waals surface area contributed by atoms with Crippen LogP contribution in [0.2, 0.25) is 5.02 Å². The van der Waals surface area contributed by atoms with Crippen LogP contribution in [0.15, 0.2) is 24.3 Å². The Morgan fingerprint density at radius 3 is 1.92 bits per heavy atom. The molecule has 1 heterocycles. The molecule has 138 valence electrons. The predicted octanol–water partition coefficient (Wildman–Crippen LogP) is 4.00. The van der Waals surface area contributed by atoms with Crippen molar-refractivity contribution in [1.29, 1.82) is 0 Å². The Morgan fingerprint density at radius 2 is 1.38 bits per heavy atom. The first-order valence-electron chi connectivity index (χ1n) is 7.62. The number of benzene rings is 2. The van der Waals surface area contributed by atoms with E-state index in [1.807, 2.05) is 0 Å².